The van der Waals surface area contributed by atoms with Gasteiger partial charge < -0.3 is 19.3 Å². The summed E-state index contributed by atoms with van der Waals surface area (Å²) in [6.45, 7) is 3.09. The Morgan fingerprint density at radius 3 is 2.68 bits per heavy atom. The summed E-state index contributed by atoms with van der Waals surface area (Å²) in [5, 5.41) is 19.4. The zero-order valence-electron chi connectivity index (χ0n) is 12.7. The van der Waals surface area contributed by atoms with Gasteiger partial charge in [-0.3, -0.25) is 5.26 Å². The van der Waals surface area contributed by atoms with Gasteiger partial charge >= 0.3 is 0 Å². The van der Waals surface area contributed by atoms with E-state index in [9.17, 15) is 10.4 Å². The van der Waals surface area contributed by atoms with Crippen LogP contribution >= 0.6 is 0 Å². The molecule has 6 nitrogen and oxygen atoms in total. The predicted octanol–water partition coefficient (Wildman–Crippen LogP) is 1.81. The molecule has 122 valence electrons. The quantitative estimate of drug-likeness (QED) is 0.638. The van der Waals surface area contributed by atoms with Gasteiger partial charge in [0.2, 0.25) is 0 Å². The molecule has 2 aliphatic rings. The van der Waals surface area contributed by atoms with E-state index in [2.05, 4.69) is 0 Å². The molecule has 1 aromatic carbocycles. The maximum absolute atomic E-state index is 9.89. The Labute approximate surface area is 129 Å². The Balaban J connectivity index is 1.82. The summed E-state index contributed by atoms with van der Waals surface area (Å²) in [5.41, 5.74) is 0.389. The van der Waals surface area contributed by atoms with Crippen molar-refractivity contribution in [1.82, 2.24) is 0 Å². The molecule has 1 aromatic rings. The van der Waals surface area contributed by atoms with E-state index in [1.807, 2.05) is 31.2 Å². The molecule has 0 saturated carbocycles. The van der Waals surface area contributed by atoms with Gasteiger partial charge in [-0.25, -0.2) is 4.89 Å². The van der Waals surface area contributed by atoms with Crippen LogP contribution in [0.1, 0.15) is 30.9 Å². The standard InChI is InChI=1S/C16H22O6/c1-15(20-8-9-21-15)7-6-14-16(11-17,22-18)13-5-3-2-4-12(13)10-19-14/h2-5,14,17-18H,6-11H2,1H3. The fourth-order valence-corrected chi connectivity index (χ4v) is 3.29. The van der Waals surface area contributed by atoms with E-state index in [0.717, 1.165) is 11.1 Å². The third-order valence-corrected chi connectivity index (χ3v) is 4.59. The first-order chi connectivity index (χ1) is 10.6. The number of rotatable bonds is 5. The predicted molar refractivity (Wildman–Crippen MR) is 77.0 cm³/mol. The molecule has 0 amide bonds. The molecule has 0 aliphatic carbocycles. The Bertz CT molecular complexity index is 507. The van der Waals surface area contributed by atoms with Crippen molar-refractivity contribution in [3.05, 3.63) is 35.4 Å². The van der Waals surface area contributed by atoms with E-state index in [-0.39, 0.29) is 6.61 Å². The first kappa shape index (κ1) is 15.9. The van der Waals surface area contributed by atoms with E-state index in [4.69, 9.17) is 19.1 Å². The Hall–Kier alpha value is -1.02. The Morgan fingerprint density at radius 2 is 2.00 bits per heavy atom. The van der Waals surface area contributed by atoms with Crippen LogP contribution in [-0.2, 0) is 31.3 Å². The molecule has 2 N–H and O–H groups in total. The molecule has 22 heavy (non-hydrogen) atoms. The van der Waals surface area contributed by atoms with Crippen LogP contribution < -0.4 is 0 Å². The molecule has 3 rings (SSSR count). The minimum atomic E-state index is -1.27. The van der Waals surface area contributed by atoms with Gasteiger partial charge in [0, 0.05) is 6.42 Å². The summed E-state index contributed by atoms with van der Waals surface area (Å²) >= 11 is 0. The molecular formula is C16H22O6. The lowest BCUT2D eigenvalue weighted by Gasteiger charge is -2.42. The molecule has 2 heterocycles. The lowest BCUT2D eigenvalue weighted by Crippen LogP contribution is -2.50. The molecule has 0 bridgehead atoms. The zero-order valence-corrected chi connectivity index (χ0v) is 12.7. The maximum atomic E-state index is 9.89. The highest BCUT2D eigenvalue weighted by Gasteiger charge is 2.48. The van der Waals surface area contributed by atoms with Crippen LogP contribution in [0, 0.1) is 0 Å². The molecule has 1 saturated heterocycles. The molecule has 2 aliphatic heterocycles. The number of fused-ring (bicyclic) bond motifs is 1. The van der Waals surface area contributed by atoms with Crippen molar-refractivity contribution in [2.24, 2.45) is 0 Å². The van der Waals surface area contributed by atoms with Crippen LogP contribution in [0.3, 0.4) is 0 Å². The molecule has 2 unspecified atom stereocenters. The Morgan fingerprint density at radius 1 is 1.27 bits per heavy atom. The third-order valence-electron chi connectivity index (χ3n) is 4.59. The van der Waals surface area contributed by atoms with Crippen molar-refractivity contribution < 1.29 is 29.5 Å². The highest BCUT2D eigenvalue weighted by atomic mass is 17.1. The summed E-state index contributed by atoms with van der Waals surface area (Å²) < 4.78 is 17.0. The normalized spacial score (nSPS) is 30.2. The summed E-state index contributed by atoms with van der Waals surface area (Å²) in [5.74, 6) is -0.642. The number of hydrogen-bond donors (Lipinski definition) is 2. The summed E-state index contributed by atoms with van der Waals surface area (Å²) in [6, 6.07) is 7.50. The van der Waals surface area contributed by atoms with Crippen molar-refractivity contribution in [2.75, 3.05) is 19.8 Å². The van der Waals surface area contributed by atoms with Crippen molar-refractivity contribution in [2.45, 2.75) is 43.9 Å². The molecule has 6 heteroatoms. The van der Waals surface area contributed by atoms with Crippen molar-refractivity contribution >= 4 is 0 Å². The molecule has 0 aromatic heterocycles. The molecule has 2 atom stereocenters. The highest BCUT2D eigenvalue weighted by Crippen LogP contribution is 2.40. The molecule has 1 fully saturated rings. The van der Waals surface area contributed by atoms with E-state index in [0.29, 0.717) is 32.7 Å². The van der Waals surface area contributed by atoms with E-state index >= 15 is 0 Å². The topological polar surface area (TPSA) is 77.4 Å². The monoisotopic (exact) mass is 310 g/mol. The fraction of sp³-hybridized carbons (Fsp3) is 0.625. The van der Waals surface area contributed by atoms with Gasteiger partial charge in [0.05, 0.1) is 32.5 Å². The fourth-order valence-electron chi connectivity index (χ4n) is 3.29. The van der Waals surface area contributed by atoms with E-state index in [1.165, 1.54) is 0 Å². The van der Waals surface area contributed by atoms with Crippen LogP contribution in [0.4, 0.5) is 0 Å². The molecule has 0 spiro atoms. The van der Waals surface area contributed by atoms with Gasteiger partial charge in [-0.1, -0.05) is 24.3 Å². The maximum Gasteiger partial charge on any atom is 0.177 e. The second kappa shape index (κ2) is 6.23. The second-order valence-corrected chi connectivity index (χ2v) is 5.97. The van der Waals surface area contributed by atoms with Crippen LogP contribution in [0.2, 0.25) is 0 Å². The minimum absolute atomic E-state index is 0.371. The van der Waals surface area contributed by atoms with Crippen molar-refractivity contribution in [3.63, 3.8) is 0 Å². The minimum Gasteiger partial charge on any atom is -0.393 e. The summed E-state index contributed by atoms with van der Waals surface area (Å²) in [4.78, 5) is 4.76. The average Bonchev–Trinajstić information content (AvgIpc) is 2.99. The second-order valence-electron chi connectivity index (χ2n) is 5.97. The van der Waals surface area contributed by atoms with E-state index < -0.39 is 17.5 Å². The number of aliphatic hydroxyl groups is 1. The van der Waals surface area contributed by atoms with Gasteiger partial charge in [0.25, 0.3) is 0 Å². The Kier molecular flexibility index (Phi) is 4.49. The lowest BCUT2D eigenvalue weighted by atomic mass is 9.81. The smallest absolute Gasteiger partial charge is 0.177 e. The van der Waals surface area contributed by atoms with Crippen LogP contribution in [0.5, 0.6) is 0 Å². The van der Waals surface area contributed by atoms with Gasteiger partial charge in [-0.15, -0.1) is 0 Å². The van der Waals surface area contributed by atoms with Crippen LogP contribution in [-0.4, -0.2) is 42.1 Å². The van der Waals surface area contributed by atoms with E-state index in [1.54, 1.807) is 0 Å². The first-order valence-electron chi connectivity index (χ1n) is 7.55. The van der Waals surface area contributed by atoms with Crippen molar-refractivity contribution in [3.8, 4) is 0 Å². The summed E-state index contributed by atoms with van der Waals surface area (Å²) in [6.07, 6.45) is 0.638. The van der Waals surface area contributed by atoms with Gasteiger partial charge in [-0.2, -0.15) is 0 Å². The van der Waals surface area contributed by atoms with Crippen molar-refractivity contribution in [1.29, 1.82) is 0 Å². The summed E-state index contributed by atoms with van der Waals surface area (Å²) in [7, 11) is 0. The number of ether oxygens (including phenoxy) is 3. The molecular weight excluding hydrogens is 288 g/mol. The largest absolute Gasteiger partial charge is 0.393 e. The highest BCUT2D eigenvalue weighted by molar-refractivity contribution is 5.35. The number of aliphatic hydroxyl groups excluding tert-OH is 1. The zero-order chi connectivity index (χ0) is 15.6. The molecule has 0 radical (unpaired) electrons. The lowest BCUT2D eigenvalue weighted by molar-refractivity contribution is -0.369. The van der Waals surface area contributed by atoms with Gasteiger partial charge in [0.15, 0.2) is 11.4 Å². The average molecular weight is 310 g/mol. The first-order valence-corrected chi connectivity index (χ1v) is 7.55. The van der Waals surface area contributed by atoms with Crippen LogP contribution in [0.15, 0.2) is 24.3 Å². The number of benzene rings is 1. The third kappa shape index (κ3) is 2.67. The SMILES string of the molecule is CC1(CCC2OCc3ccccc3C2(CO)OO)OCCO1. The van der Waals surface area contributed by atoms with Gasteiger partial charge in [0.1, 0.15) is 0 Å². The van der Waals surface area contributed by atoms with Crippen LogP contribution in [0.25, 0.3) is 0 Å². The number of hydrogen-bond acceptors (Lipinski definition) is 6. The van der Waals surface area contributed by atoms with Gasteiger partial charge in [-0.05, 0) is 24.5 Å².